The summed E-state index contributed by atoms with van der Waals surface area (Å²) >= 11 is 8.00. The van der Waals surface area contributed by atoms with Crippen LogP contribution in [0.1, 0.15) is 29.0 Å². The highest BCUT2D eigenvalue weighted by atomic mass is 79.9. The predicted molar refractivity (Wildman–Crippen MR) is 151 cm³/mol. The molecule has 4 aromatic rings. The lowest BCUT2D eigenvalue weighted by atomic mass is 9.93. The summed E-state index contributed by atoms with van der Waals surface area (Å²) in [6.07, 6.45) is 3.89. The second-order valence-electron chi connectivity index (χ2n) is 7.85. The topological polar surface area (TPSA) is 60.7 Å². The van der Waals surface area contributed by atoms with Crippen molar-refractivity contribution in [2.45, 2.75) is 17.9 Å². The lowest BCUT2D eigenvalue weighted by molar-refractivity contribution is -0.138. The van der Waals surface area contributed by atoms with Crippen LogP contribution in [0.2, 0.25) is 0 Å². The Hall–Kier alpha value is -2.72. The van der Waals surface area contributed by atoms with E-state index in [4.69, 9.17) is 9.73 Å². The van der Waals surface area contributed by atoms with Gasteiger partial charge in [-0.05, 0) is 65.0 Å². The standard InChI is InChI=1S/C27H21BrN2O3S3/c1-3-33-26(32)22-23(16-7-5-4-6-8-16)29-27-30(24(22)17-9-11-18(34-2)12-10-17)25(31)20(36-27)15-19-13-14-21(28)35-19/h4-15,24H,3H2,1-2H3/b20-15+/t24-/m1/s1. The summed E-state index contributed by atoms with van der Waals surface area (Å²) in [4.78, 5) is 34.7. The van der Waals surface area contributed by atoms with Crippen molar-refractivity contribution in [2.24, 2.45) is 4.99 Å². The Balaban J connectivity index is 1.82. The van der Waals surface area contributed by atoms with Crippen molar-refractivity contribution in [3.8, 4) is 0 Å². The fourth-order valence-corrected chi connectivity index (χ4v) is 6.92. The molecular formula is C27H21BrN2O3S3. The summed E-state index contributed by atoms with van der Waals surface area (Å²) in [5.41, 5.74) is 2.32. The van der Waals surface area contributed by atoms with Gasteiger partial charge in [0.25, 0.3) is 5.56 Å². The van der Waals surface area contributed by atoms with E-state index < -0.39 is 12.0 Å². The molecule has 0 fully saturated rings. The first kappa shape index (κ1) is 25.0. The van der Waals surface area contributed by atoms with Crippen LogP contribution < -0.4 is 14.9 Å². The molecule has 0 amide bonds. The lowest BCUT2D eigenvalue weighted by Crippen LogP contribution is -2.39. The van der Waals surface area contributed by atoms with Gasteiger partial charge in [0.2, 0.25) is 0 Å². The molecular weight excluding hydrogens is 576 g/mol. The molecule has 0 aliphatic carbocycles. The summed E-state index contributed by atoms with van der Waals surface area (Å²) in [6, 6.07) is 20.8. The number of carbonyl (C=O) groups is 1. The summed E-state index contributed by atoms with van der Waals surface area (Å²) in [7, 11) is 0. The molecule has 1 atom stereocenters. The number of hydrogen-bond donors (Lipinski definition) is 0. The average Bonchev–Trinajstić information content (AvgIpc) is 3.45. The van der Waals surface area contributed by atoms with Crippen LogP contribution in [0.15, 0.2) is 90.8 Å². The van der Waals surface area contributed by atoms with Crippen molar-refractivity contribution >= 4 is 68.1 Å². The number of hydrogen-bond acceptors (Lipinski definition) is 7. The minimum absolute atomic E-state index is 0.184. The molecule has 1 aliphatic heterocycles. The molecule has 0 N–H and O–H groups in total. The monoisotopic (exact) mass is 596 g/mol. The third kappa shape index (κ3) is 4.80. The maximum Gasteiger partial charge on any atom is 0.338 e. The number of rotatable bonds is 6. The van der Waals surface area contributed by atoms with Crippen LogP contribution in [0.25, 0.3) is 11.8 Å². The van der Waals surface area contributed by atoms with E-state index >= 15 is 0 Å². The van der Waals surface area contributed by atoms with E-state index in [1.54, 1.807) is 34.6 Å². The first-order chi connectivity index (χ1) is 17.5. The van der Waals surface area contributed by atoms with Crippen LogP contribution in [-0.4, -0.2) is 23.4 Å². The van der Waals surface area contributed by atoms with Crippen molar-refractivity contribution in [1.29, 1.82) is 0 Å². The molecule has 0 saturated heterocycles. The Morgan fingerprint density at radius 3 is 2.50 bits per heavy atom. The largest absolute Gasteiger partial charge is 0.463 e. The molecule has 182 valence electrons. The minimum Gasteiger partial charge on any atom is -0.463 e. The number of thioether (sulfide) groups is 1. The molecule has 9 heteroatoms. The van der Waals surface area contributed by atoms with Crippen LogP contribution in [0.3, 0.4) is 0 Å². The molecule has 0 spiro atoms. The van der Waals surface area contributed by atoms with Crippen molar-refractivity contribution in [3.05, 3.63) is 112 Å². The maximum absolute atomic E-state index is 13.8. The molecule has 5 nitrogen and oxygen atoms in total. The van der Waals surface area contributed by atoms with E-state index in [0.29, 0.717) is 20.6 Å². The molecule has 1 aliphatic rings. The van der Waals surface area contributed by atoms with Gasteiger partial charge >= 0.3 is 5.97 Å². The highest BCUT2D eigenvalue weighted by molar-refractivity contribution is 9.11. The fraction of sp³-hybridized carbons (Fsp3) is 0.148. The van der Waals surface area contributed by atoms with Crippen molar-refractivity contribution in [2.75, 3.05) is 12.9 Å². The Labute approximate surface area is 228 Å². The summed E-state index contributed by atoms with van der Waals surface area (Å²) in [5.74, 6) is -0.476. The number of thiophene rings is 1. The fourth-order valence-electron chi connectivity index (χ4n) is 4.08. The smallest absolute Gasteiger partial charge is 0.338 e. The lowest BCUT2D eigenvalue weighted by Gasteiger charge is -2.26. The van der Waals surface area contributed by atoms with E-state index in [1.807, 2.05) is 79.1 Å². The first-order valence-corrected chi connectivity index (χ1v) is 14.8. The van der Waals surface area contributed by atoms with Gasteiger partial charge in [-0.15, -0.1) is 23.1 Å². The van der Waals surface area contributed by atoms with Gasteiger partial charge in [-0.3, -0.25) is 9.36 Å². The van der Waals surface area contributed by atoms with E-state index in [-0.39, 0.29) is 12.2 Å². The van der Waals surface area contributed by atoms with Gasteiger partial charge in [-0.2, -0.15) is 0 Å². The van der Waals surface area contributed by atoms with Gasteiger partial charge in [-0.25, -0.2) is 9.79 Å². The van der Waals surface area contributed by atoms with Crippen LogP contribution in [0.4, 0.5) is 0 Å². The number of carbonyl (C=O) groups excluding carboxylic acids is 1. The predicted octanol–water partition coefficient (Wildman–Crippen LogP) is 5.48. The molecule has 36 heavy (non-hydrogen) atoms. The van der Waals surface area contributed by atoms with E-state index in [2.05, 4.69) is 15.9 Å². The number of nitrogens with zero attached hydrogens (tertiary/aromatic N) is 2. The first-order valence-electron chi connectivity index (χ1n) is 11.2. The van der Waals surface area contributed by atoms with E-state index in [1.165, 1.54) is 11.3 Å². The van der Waals surface area contributed by atoms with Gasteiger partial charge < -0.3 is 4.74 Å². The van der Waals surface area contributed by atoms with Crippen LogP contribution in [0.5, 0.6) is 0 Å². The number of esters is 1. The Morgan fingerprint density at radius 1 is 1.11 bits per heavy atom. The van der Waals surface area contributed by atoms with Gasteiger partial charge in [0, 0.05) is 15.3 Å². The number of thiazole rings is 1. The Kier molecular flexibility index (Phi) is 7.43. The van der Waals surface area contributed by atoms with Gasteiger partial charge in [0.1, 0.15) is 0 Å². The third-order valence-electron chi connectivity index (χ3n) is 5.67. The normalized spacial score (nSPS) is 15.5. The van der Waals surface area contributed by atoms with Crippen LogP contribution >= 0.6 is 50.4 Å². The average molecular weight is 598 g/mol. The quantitative estimate of drug-likeness (QED) is 0.218. The molecule has 3 heterocycles. The number of benzene rings is 2. The summed E-state index contributed by atoms with van der Waals surface area (Å²) in [6.45, 7) is 2.00. The molecule has 0 radical (unpaired) electrons. The van der Waals surface area contributed by atoms with Crippen molar-refractivity contribution in [1.82, 2.24) is 4.57 Å². The zero-order valence-electron chi connectivity index (χ0n) is 19.4. The Morgan fingerprint density at radius 2 is 1.86 bits per heavy atom. The second-order valence-corrected chi connectivity index (χ2v) is 12.2. The zero-order valence-corrected chi connectivity index (χ0v) is 23.5. The van der Waals surface area contributed by atoms with E-state index in [9.17, 15) is 9.59 Å². The number of aromatic nitrogens is 1. The summed E-state index contributed by atoms with van der Waals surface area (Å²) in [5, 5.41) is 0. The zero-order chi connectivity index (χ0) is 25.2. The Bertz CT molecular complexity index is 1630. The molecule has 0 saturated carbocycles. The molecule has 0 unspecified atom stereocenters. The van der Waals surface area contributed by atoms with Gasteiger partial charge in [0.05, 0.1) is 32.2 Å². The van der Waals surface area contributed by atoms with Gasteiger partial charge in [0.15, 0.2) is 4.80 Å². The van der Waals surface area contributed by atoms with Crippen molar-refractivity contribution < 1.29 is 9.53 Å². The highest BCUT2D eigenvalue weighted by Gasteiger charge is 2.35. The second kappa shape index (κ2) is 10.7. The maximum atomic E-state index is 13.8. The van der Waals surface area contributed by atoms with Crippen molar-refractivity contribution in [3.63, 3.8) is 0 Å². The van der Waals surface area contributed by atoms with E-state index in [0.717, 1.165) is 24.7 Å². The van der Waals surface area contributed by atoms with Gasteiger partial charge in [-0.1, -0.05) is 53.8 Å². The minimum atomic E-state index is -0.663. The molecule has 2 aromatic heterocycles. The molecule has 5 rings (SSSR count). The number of ether oxygens (including phenoxy) is 1. The van der Waals surface area contributed by atoms with Crippen LogP contribution in [0, 0.1) is 0 Å². The summed E-state index contributed by atoms with van der Waals surface area (Å²) < 4.78 is 8.69. The number of halogens is 1. The SMILES string of the molecule is CCOC(=O)C1=C(c2ccccc2)N=c2s/c(=C/c3ccc(Br)s3)c(=O)n2[C@@H]1c1ccc(SC)cc1. The number of fused-ring (bicyclic) bond motifs is 1. The third-order valence-corrected chi connectivity index (χ3v) is 8.97. The molecule has 2 aromatic carbocycles. The highest BCUT2D eigenvalue weighted by Crippen LogP contribution is 2.35. The molecule has 0 bridgehead atoms. The van der Waals surface area contributed by atoms with Crippen LogP contribution in [-0.2, 0) is 9.53 Å².